The molecule has 0 aliphatic heterocycles. The first-order valence-corrected chi connectivity index (χ1v) is 6.47. The molecule has 1 heterocycles. The SMILES string of the molecule is CCOC(=O)CC#Cc1ccc2oc(C(=O)O)cc(=O)c2c1. The Hall–Kier alpha value is -3.07. The number of esters is 1. The number of carbonyl (C=O) groups is 2. The van der Waals surface area contributed by atoms with Gasteiger partial charge in [-0.05, 0) is 25.1 Å². The highest BCUT2D eigenvalue weighted by molar-refractivity contribution is 5.87. The number of ether oxygens (including phenoxy) is 1. The van der Waals surface area contributed by atoms with Crippen LogP contribution in [-0.4, -0.2) is 23.7 Å². The predicted octanol–water partition coefficient (Wildman–Crippen LogP) is 1.80. The maximum atomic E-state index is 11.9. The number of carboxylic acid groups (broad SMARTS) is 1. The number of aromatic carboxylic acids is 1. The van der Waals surface area contributed by atoms with Crippen LogP contribution >= 0.6 is 0 Å². The van der Waals surface area contributed by atoms with Crippen LogP contribution < -0.4 is 5.43 Å². The Balaban J connectivity index is 2.32. The molecule has 1 N–H and O–H groups in total. The molecule has 0 spiro atoms. The largest absolute Gasteiger partial charge is 0.475 e. The number of benzene rings is 1. The van der Waals surface area contributed by atoms with Crippen LogP contribution in [0.1, 0.15) is 29.5 Å². The molecule has 1 aromatic heterocycles. The van der Waals surface area contributed by atoms with E-state index in [2.05, 4.69) is 11.8 Å². The molecule has 6 nitrogen and oxygen atoms in total. The van der Waals surface area contributed by atoms with E-state index in [0.717, 1.165) is 6.07 Å². The monoisotopic (exact) mass is 300 g/mol. The van der Waals surface area contributed by atoms with Gasteiger partial charge < -0.3 is 14.3 Å². The summed E-state index contributed by atoms with van der Waals surface area (Å²) in [6, 6.07) is 5.46. The summed E-state index contributed by atoms with van der Waals surface area (Å²) in [7, 11) is 0. The molecule has 2 aromatic rings. The summed E-state index contributed by atoms with van der Waals surface area (Å²) in [5.74, 6) is 3.25. The lowest BCUT2D eigenvalue weighted by molar-refractivity contribution is -0.141. The van der Waals surface area contributed by atoms with Crippen molar-refractivity contribution >= 4 is 22.9 Å². The van der Waals surface area contributed by atoms with E-state index in [9.17, 15) is 14.4 Å². The van der Waals surface area contributed by atoms with Crippen molar-refractivity contribution in [1.82, 2.24) is 0 Å². The van der Waals surface area contributed by atoms with Gasteiger partial charge in [0.1, 0.15) is 12.0 Å². The lowest BCUT2D eigenvalue weighted by Crippen LogP contribution is -2.06. The lowest BCUT2D eigenvalue weighted by atomic mass is 10.1. The van der Waals surface area contributed by atoms with Gasteiger partial charge in [0, 0.05) is 11.6 Å². The Morgan fingerprint density at radius 1 is 1.32 bits per heavy atom. The number of hydrogen-bond donors (Lipinski definition) is 1. The van der Waals surface area contributed by atoms with Crippen molar-refractivity contribution in [3.63, 3.8) is 0 Å². The molecule has 0 aliphatic rings. The van der Waals surface area contributed by atoms with Gasteiger partial charge in [-0.25, -0.2) is 4.79 Å². The van der Waals surface area contributed by atoms with E-state index in [4.69, 9.17) is 14.3 Å². The topological polar surface area (TPSA) is 93.8 Å². The second-order valence-corrected chi connectivity index (χ2v) is 4.27. The van der Waals surface area contributed by atoms with Crippen molar-refractivity contribution in [1.29, 1.82) is 0 Å². The number of hydrogen-bond acceptors (Lipinski definition) is 5. The van der Waals surface area contributed by atoms with E-state index in [1.807, 2.05) is 0 Å². The zero-order chi connectivity index (χ0) is 16.1. The minimum Gasteiger partial charge on any atom is -0.475 e. The lowest BCUT2D eigenvalue weighted by Gasteiger charge is -1.99. The Bertz CT molecular complexity index is 850. The molecule has 0 saturated heterocycles. The van der Waals surface area contributed by atoms with Crippen LogP contribution in [0.25, 0.3) is 11.0 Å². The van der Waals surface area contributed by atoms with E-state index < -0.39 is 23.1 Å². The molecule has 0 unspecified atom stereocenters. The fourth-order valence-electron chi connectivity index (χ4n) is 1.77. The van der Waals surface area contributed by atoms with Crippen LogP contribution in [0.5, 0.6) is 0 Å². The molecule has 0 radical (unpaired) electrons. The fourth-order valence-corrected chi connectivity index (χ4v) is 1.77. The minimum atomic E-state index is -1.31. The third-order valence-electron chi connectivity index (χ3n) is 2.71. The van der Waals surface area contributed by atoms with Crippen molar-refractivity contribution in [2.24, 2.45) is 0 Å². The van der Waals surface area contributed by atoms with Gasteiger partial charge in [-0.2, -0.15) is 0 Å². The van der Waals surface area contributed by atoms with Crippen molar-refractivity contribution < 1.29 is 23.8 Å². The molecule has 0 atom stereocenters. The van der Waals surface area contributed by atoms with Crippen molar-refractivity contribution in [2.75, 3.05) is 6.61 Å². The van der Waals surface area contributed by atoms with Gasteiger partial charge >= 0.3 is 11.9 Å². The van der Waals surface area contributed by atoms with E-state index in [0.29, 0.717) is 12.2 Å². The highest BCUT2D eigenvalue weighted by Crippen LogP contribution is 2.14. The first-order chi connectivity index (χ1) is 10.5. The smallest absolute Gasteiger partial charge is 0.371 e. The number of carbonyl (C=O) groups excluding carboxylic acids is 1. The van der Waals surface area contributed by atoms with Gasteiger partial charge in [0.25, 0.3) is 0 Å². The van der Waals surface area contributed by atoms with Gasteiger partial charge in [-0.15, -0.1) is 0 Å². The van der Waals surface area contributed by atoms with E-state index >= 15 is 0 Å². The Kier molecular flexibility index (Phi) is 4.59. The second kappa shape index (κ2) is 6.59. The third-order valence-corrected chi connectivity index (χ3v) is 2.71. The predicted molar refractivity (Wildman–Crippen MR) is 77.6 cm³/mol. The van der Waals surface area contributed by atoms with Gasteiger partial charge in [-0.1, -0.05) is 11.8 Å². The van der Waals surface area contributed by atoms with E-state index in [-0.39, 0.29) is 17.4 Å². The highest BCUT2D eigenvalue weighted by atomic mass is 16.5. The van der Waals surface area contributed by atoms with E-state index in [1.165, 1.54) is 12.1 Å². The molecule has 1 aromatic carbocycles. The molecule has 22 heavy (non-hydrogen) atoms. The molecule has 0 aliphatic carbocycles. The van der Waals surface area contributed by atoms with Crippen molar-refractivity contribution in [2.45, 2.75) is 13.3 Å². The van der Waals surface area contributed by atoms with Crippen molar-refractivity contribution in [3.8, 4) is 11.8 Å². The normalized spacial score (nSPS) is 9.86. The number of rotatable bonds is 3. The van der Waals surface area contributed by atoms with Crippen LogP contribution in [0.2, 0.25) is 0 Å². The zero-order valence-corrected chi connectivity index (χ0v) is 11.7. The molecule has 0 saturated carbocycles. The molecular weight excluding hydrogens is 288 g/mol. The van der Waals surface area contributed by atoms with Crippen LogP contribution in [-0.2, 0) is 9.53 Å². The minimum absolute atomic E-state index is 0.0432. The Morgan fingerprint density at radius 2 is 2.09 bits per heavy atom. The summed E-state index contributed by atoms with van der Waals surface area (Å²) in [5, 5.41) is 9.07. The molecule has 0 amide bonds. The van der Waals surface area contributed by atoms with Gasteiger partial charge in [0.2, 0.25) is 5.76 Å². The van der Waals surface area contributed by atoms with Crippen LogP contribution in [0.3, 0.4) is 0 Å². The summed E-state index contributed by atoms with van der Waals surface area (Å²) >= 11 is 0. The summed E-state index contributed by atoms with van der Waals surface area (Å²) in [6.07, 6.45) is -0.0432. The second-order valence-electron chi connectivity index (χ2n) is 4.27. The number of carboxylic acids is 1. The van der Waals surface area contributed by atoms with Crippen LogP contribution in [0.15, 0.2) is 33.5 Å². The standard InChI is InChI=1S/C16H12O6/c1-2-21-15(18)5-3-4-10-6-7-13-11(8-10)12(17)9-14(22-13)16(19)20/h6-9H,2,5H2,1H3,(H,19,20). The average Bonchev–Trinajstić information content (AvgIpc) is 2.47. The molecule has 0 bridgehead atoms. The molecular formula is C16H12O6. The van der Waals surface area contributed by atoms with Crippen molar-refractivity contribution in [3.05, 3.63) is 45.8 Å². The molecule has 6 heteroatoms. The highest BCUT2D eigenvalue weighted by Gasteiger charge is 2.10. The summed E-state index contributed by atoms with van der Waals surface area (Å²) < 4.78 is 9.85. The third kappa shape index (κ3) is 3.52. The van der Waals surface area contributed by atoms with Gasteiger partial charge in [-0.3, -0.25) is 9.59 Å². The molecule has 0 fully saturated rings. The summed E-state index contributed by atoms with van der Waals surface area (Å²) in [5.41, 5.74) is 0.223. The molecule has 2 rings (SSSR count). The maximum absolute atomic E-state index is 11.9. The molecule has 112 valence electrons. The van der Waals surface area contributed by atoms with Gasteiger partial charge in [0.05, 0.1) is 12.0 Å². The quantitative estimate of drug-likeness (QED) is 0.686. The van der Waals surface area contributed by atoms with Crippen LogP contribution in [0, 0.1) is 11.8 Å². The maximum Gasteiger partial charge on any atom is 0.371 e. The number of fused-ring (bicyclic) bond motifs is 1. The van der Waals surface area contributed by atoms with Gasteiger partial charge in [0.15, 0.2) is 5.43 Å². The first kappa shape index (κ1) is 15.3. The Labute approximate surface area is 125 Å². The summed E-state index contributed by atoms with van der Waals surface area (Å²) in [4.78, 5) is 33.9. The first-order valence-electron chi connectivity index (χ1n) is 6.47. The van der Waals surface area contributed by atoms with Crippen LogP contribution in [0.4, 0.5) is 0 Å². The fraction of sp³-hybridized carbons (Fsp3) is 0.188. The average molecular weight is 300 g/mol. The summed E-state index contributed by atoms with van der Waals surface area (Å²) in [6.45, 7) is 2.00. The van der Waals surface area contributed by atoms with E-state index in [1.54, 1.807) is 13.0 Å². The Morgan fingerprint density at radius 3 is 2.77 bits per heavy atom. The zero-order valence-electron chi connectivity index (χ0n) is 11.7.